The predicted octanol–water partition coefficient (Wildman–Crippen LogP) is 3.06. The quantitative estimate of drug-likeness (QED) is 0.935. The van der Waals surface area contributed by atoms with Crippen LogP contribution in [0.25, 0.3) is 0 Å². The molecule has 0 radical (unpaired) electrons. The summed E-state index contributed by atoms with van der Waals surface area (Å²) in [6.07, 6.45) is -1.35. The van der Waals surface area contributed by atoms with Crippen LogP contribution in [-0.4, -0.2) is 19.3 Å². The Morgan fingerprint density at radius 2 is 1.75 bits per heavy atom. The van der Waals surface area contributed by atoms with E-state index in [1.165, 1.54) is 32.4 Å². The third-order valence-electron chi connectivity index (χ3n) is 3.01. The topological polar surface area (TPSA) is 38.7 Å². The van der Waals surface area contributed by atoms with Gasteiger partial charge in [-0.2, -0.15) is 0 Å². The molecular formula is C15H14F2O3. The molecule has 1 atom stereocenters. The molecule has 0 bridgehead atoms. The van der Waals surface area contributed by atoms with E-state index < -0.39 is 17.7 Å². The lowest BCUT2D eigenvalue weighted by molar-refractivity contribution is 0.207. The fourth-order valence-electron chi connectivity index (χ4n) is 1.95. The van der Waals surface area contributed by atoms with Crippen LogP contribution in [0.3, 0.4) is 0 Å². The number of halogens is 2. The van der Waals surface area contributed by atoms with E-state index in [0.717, 1.165) is 6.07 Å². The number of rotatable bonds is 4. The number of benzene rings is 2. The largest absolute Gasteiger partial charge is 0.497 e. The van der Waals surface area contributed by atoms with Crippen molar-refractivity contribution in [2.45, 2.75) is 6.10 Å². The van der Waals surface area contributed by atoms with Gasteiger partial charge >= 0.3 is 0 Å². The van der Waals surface area contributed by atoms with Crippen molar-refractivity contribution in [3.8, 4) is 11.5 Å². The van der Waals surface area contributed by atoms with Gasteiger partial charge in [-0.3, -0.25) is 0 Å². The summed E-state index contributed by atoms with van der Waals surface area (Å²) in [5.41, 5.74) is 0.146. The smallest absolute Gasteiger partial charge is 0.164 e. The molecular weight excluding hydrogens is 266 g/mol. The van der Waals surface area contributed by atoms with E-state index in [1.807, 2.05) is 0 Å². The van der Waals surface area contributed by atoms with Gasteiger partial charge in [0.2, 0.25) is 0 Å². The Kier molecular flexibility index (Phi) is 4.20. The van der Waals surface area contributed by atoms with Crippen LogP contribution in [0, 0.1) is 11.6 Å². The highest BCUT2D eigenvalue weighted by Crippen LogP contribution is 2.34. The molecule has 0 saturated carbocycles. The van der Waals surface area contributed by atoms with Crippen molar-refractivity contribution in [3.63, 3.8) is 0 Å². The van der Waals surface area contributed by atoms with Crippen LogP contribution in [0.5, 0.6) is 11.5 Å². The minimum absolute atomic E-state index is 0.156. The molecule has 0 aromatic heterocycles. The monoisotopic (exact) mass is 280 g/mol. The minimum atomic E-state index is -1.35. The SMILES string of the molecule is COc1ccc(OC)c(C(O)c2cccc(F)c2F)c1. The van der Waals surface area contributed by atoms with E-state index in [0.29, 0.717) is 17.1 Å². The maximum Gasteiger partial charge on any atom is 0.164 e. The van der Waals surface area contributed by atoms with Crippen molar-refractivity contribution < 1.29 is 23.4 Å². The minimum Gasteiger partial charge on any atom is -0.497 e. The van der Waals surface area contributed by atoms with Crippen LogP contribution < -0.4 is 9.47 Å². The zero-order valence-electron chi connectivity index (χ0n) is 11.1. The van der Waals surface area contributed by atoms with Crippen LogP contribution >= 0.6 is 0 Å². The molecule has 0 heterocycles. The number of methoxy groups -OCH3 is 2. The van der Waals surface area contributed by atoms with Crippen LogP contribution in [-0.2, 0) is 0 Å². The molecule has 0 aliphatic carbocycles. The van der Waals surface area contributed by atoms with Gasteiger partial charge in [0.15, 0.2) is 11.6 Å². The first-order valence-corrected chi connectivity index (χ1v) is 5.92. The molecule has 0 aliphatic rings. The molecule has 20 heavy (non-hydrogen) atoms. The highest BCUT2D eigenvalue weighted by molar-refractivity contribution is 5.45. The van der Waals surface area contributed by atoms with Gasteiger partial charge in [0.05, 0.1) is 14.2 Å². The van der Waals surface area contributed by atoms with Gasteiger partial charge < -0.3 is 14.6 Å². The van der Waals surface area contributed by atoms with Gasteiger partial charge in [0.1, 0.15) is 17.6 Å². The van der Waals surface area contributed by atoms with Gasteiger partial charge in [0.25, 0.3) is 0 Å². The first-order chi connectivity index (χ1) is 9.58. The van der Waals surface area contributed by atoms with E-state index >= 15 is 0 Å². The molecule has 1 unspecified atom stereocenters. The van der Waals surface area contributed by atoms with Gasteiger partial charge in [-0.15, -0.1) is 0 Å². The average molecular weight is 280 g/mol. The van der Waals surface area contributed by atoms with E-state index in [1.54, 1.807) is 12.1 Å². The highest BCUT2D eigenvalue weighted by atomic mass is 19.2. The third kappa shape index (κ3) is 2.58. The summed E-state index contributed by atoms with van der Waals surface area (Å²) in [7, 11) is 2.90. The Morgan fingerprint density at radius 3 is 2.40 bits per heavy atom. The Morgan fingerprint density at radius 1 is 1.00 bits per heavy atom. The predicted molar refractivity (Wildman–Crippen MR) is 70.0 cm³/mol. The molecule has 0 fully saturated rings. The van der Waals surface area contributed by atoms with Crippen LogP contribution in [0.15, 0.2) is 36.4 Å². The maximum atomic E-state index is 13.7. The van der Waals surface area contributed by atoms with Crippen molar-refractivity contribution in [3.05, 3.63) is 59.2 Å². The van der Waals surface area contributed by atoms with Crippen molar-refractivity contribution >= 4 is 0 Å². The summed E-state index contributed by atoms with van der Waals surface area (Å²) in [6.45, 7) is 0. The first kappa shape index (κ1) is 14.3. The average Bonchev–Trinajstić information content (AvgIpc) is 2.48. The molecule has 0 aliphatic heterocycles. The van der Waals surface area contributed by atoms with Crippen LogP contribution in [0.4, 0.5) is 8.78 Å². The second-order valence-corrected chi connectivity index (χ2v) is 4.15. The second-order valence-electron chi connectivity index (χ2n) is 4.15. The number of hydrogen-bond donors (Lipinski definition) is 1. The summed E-state index contributed by atoms with van der Waals surface area (Å²) in [5.74, 6) is -1.24. The molecule has 106 valence electrons. The highest BCUT2D eigenvalue weighted by Gasteiger charge is 2.21. The third-order valence-corrected chi connectivity index (χ3v) is 3.01. The molecule has 5 heteroatoms. The van der Waals surface area contributed by atoms with Crippen LogP contribution in [0.1, 0.15) is 17.2 Å². The molecule has 2 aromatic carbocycles. The number of ether oxygens (including phenoxy) is 2. The molecule has 2 aromatic rings. The summed E-state index contributed by atoms with van der Waals surface area (Å²) in [5, 5.41) is 10.3. The molecule has 2 rings (SSSR count). The number of aliphatic hydroxyl groups is 1. The number of aliphatic hydroxyl groups excluding tert-OH is 1. The Balaban J connectivity index is 2.51. The molecule has 0 amide bonds. The Bertz CT molecular complexity index is 614. The van der Waals surface area contributed by atoms with Gasteiger partial charge in [-0.05, 0) is 24.3 Å². The number of hydrogen-bond acceptors (Lipinski definition) is 3. The van der Waals surface area contributed by atoms with E-state index in [2.05, 4.69) is 0 Å². The van der Waals surface area contributed by atoms with Crippen molar-refractivity contribution in [2.75, 3.05) is 14.2 Å². The lowest BCUT2D eigenvalue weighted by Crippen LogP contribution is -2.06. The zero-order chi connectivity index (χ0) is 14.7. The normalized spacial score (nSPS) is 12.1. The van der Waals surface area contributed by atoms with Crippen molar-refractivity contribution in [1.29, 1.82) is 0 Å². The fraction of sp³-hybridized carbons (Fsp3) is 0.200. The van der Waals surface area contributed by atoms with E-state index in [-0.39, 0.29) is 5.56 Å². The molecule has 3 nitrogen and oxygen atoms in total. The summed E-state index contributed by atoms with van der Waals surface area (Å²) < 4.78 is 37.2. The van der Waals surface area contributed by atoms with Gasteiger partial charge in [-0.1, -0.05) is 12.1 Å². The Hall–Kier alpha value is -2.14. The van der Waals surface area contributed by atoms with Crippen molar-refractivity contribution in [2.24, 2.45) is 0 Å². The van der Waals surface area contributed by atoms with E-state index in [4.69, 9.17) is 9.47 Å². The molecule has 0 saturated heterocycles. The fourth-order valence-corrected chi connectivity index (χ4v) is 1.95. The second kappa shape index (κ2) is 5.88. The summed E-state index contributed by atoms with van der Waals surface area (Å²) in [4.78, 5) is 0. The Labute approximate surface area is 115 Å². The van der Waals surface area contributed by atoms with Crippen molar-refractivity contribution in [1.82, 2.24) is 0 Å². The lowest BCUT2D eigenvalue weighted by atomic mass is 9.99. The van der Waals surface area contributed by atoms with Gasteiger partial charge in [-0.25, -0.2) is 8.78 Å². The van der Waals surface area contributed by atoms with Crippen LogP contribution in [0.2, 0.25) is 0 Å². The lowest BCUT2D eigenvalue weighted by Gasteiger charge is -2.17. The molecule has 1 N–H and O–H groups in total. The van der Waals surface area contributed by atoms with E-state index in [9.17, 15) is 13.9 Å². The molecule has 0 spiro atoms. The zero-order valence-corrected chi connectivity index (χ0v) is 11.1. The summed E-state index contributed by atoms with van der Waals surface area (Å²) >= 11 is 0. The standard InChI is InChI=1S/C15H14F2O3/c1-19-9-6-7-13(20-2)11(8-9)15(18)10-4-3-5-12(16)14(10)17/h3-8,15,18H,1-2H3. The maximum absolute atomic E-state index is 13.7. The first-order valence-electron chi connectivity index (χ1n) is 5.92. The van der Waals surface area contributed by atoms with Gasteiger partial charge in [0, 0.05) is 11.1 Å². The summed E-state index contributed by atoms with van der Waals surface area (Å²) in [6, 6.07) is 8.42.